The number of aliphatic carboxylic acids is 1. The van der Waals surface area contributed by atoms with Crippen LogP contribution in [0.15, 0.2) is 0 Å². The van der Waals surface area contributed by atoms with Gasteiger partial charge in [-0.2, -0.15) is 13.2 Å². The highest BCUT2D eigenvalue weighted by atomic mass is 32.2. The van der Waals surface area contributed by atoms with Crippen molar-refractivity contribution in [3.8, 4) is 0 Å². The van der Waals surface area contributed by atoms with E-state index in [1.807, 2.05) is 0 Å². The Morgan fingerprint density at radius 2 is 1.65 bits per heavy atom. The number of rotatable bonds is 3. The van der Waals surface area contributed by atoms with Crippen LogP contribution in [0.2, 0.25) is 0 Å². The molecule has 0 unspecified atom stereocenters. The molecular formula is C11H20F3NO4S. The predicted molar refractivity (Wildman–Crippen MR) is 68.0 cm³/mol. The zero-order valence-electron chi connectivity index (χ0n) is 11.2. The van der Waals surface area contributed by atoms with E-state index in [1.165, 1.54) is 6.26 Å². The fourth-order valence-electron chi connectivity index (χ4n) is 1.86. The molecule has 0 aromatic heterocycles. The van der Waals surface area contributed by atoms with Crippen LogP contribution in [0.5, 0.6) is 0 Å². The van der Waals surface area contributed by atoms with E-state index in [4.69, 9.17) is 15.6 Å². The van der Waals surface area contributed by atoms with E-state index in [0.717, 1.165) is 32.1 Å². The van der Waals surface area contributed by atoms with Crippen molar-refractivity contribution in [2.24, 2.45) is 11.7 Å². The molecule has 1 saturated carbocycles. The molecular weight excluding hydrogens is 299 g/mol. The standard InChI is InChI=1S/C9H19NO2S.C2HF3O2/c1-13(11,12)7-6-8-2-4-9(10)5-3-8;3-2(4,5)1(6)7/h8-9H,2-7,10H2,1H3;(H,6,7)/t8-,9-;. The van der Waals surface area contributed by atoms with Crippen molar-refractivity contribution in [3.05, 3.63) is 0 Å². The van der Waals surface area contributed by atoms with Gasteiger partial charge in [-0.1, -0.05) is 0 Å². The molecule has 1 aliphatic carbocycles. The SMILES string of the molecule is CS(=O)(=O)CC[C@H]1CC[C@H](N)CC1.O=C(O)C(F)(F)F. The van der Waals surface area contributed by atoms with Crippen LogP contribution < -0.4 is 5.73 Å². The van der Waals surface area contributed by atoms with Gasteiger partial charge in [-0.25, -0.2) is 13.2 Å². The summed E-state index contributed by atoms with van der Waals surface area (Å²) in [6.45, 7) is 0. The Morgan fingerprint density at radius 1 is 1.25 bits per heavy atom. The number of nitrogens with two attached hydrogens (primary N) is 1. The Bertz CT molecular complexity index is 400. The fourth-order valence-corrected chi connectivity index (χ4v) is 2.62. The average molecular weight is 319 g/mol. The normalized spacial score (nSPS) is 23.6. The Hall–Kier alpha value is -0.830. The van der Waals surface area contributed by atoms with E-state index in [-0.39, 0.29) is 0 Å². The summed E-state index contributed by atoms with van der Waals surface area (Å²) in [5.41, 5.74) is 5.76. The molecule has 5 nitrogen and oxygen atoms in total. The maximum absolute atomic E-state index is 10.9. The molecule has 20 heavy (non-hydrogen) atoms. The summed E-state index contributed by atoms with van der Waals surface area (Å²) in [6, 6.07) is 0.356. The van der Waals surface area contributed by atoms with E-state index in [2.05, 4.69) is 0 Å². The minimum Gasteiger partial charge on any atom is -0.475 e. The highest BCUT2D eigenvalue weighted by Crippen LogP contribution is 2.25. The van der Waals surface area contributed by atoms with E-state index in [0.29, 0.717) is 17.7 Å². The van der Waals surface area contributed by atoms with Gasteiger partial charge in [0.2, 0.25) is 0 Å². The zero-order valence-corrected chi connectivity index (χ0v) is 12.0. The van der Waals surface area contributed by atoms with Crippen molar-refractivity contribution in [3.63, 3.8) is 0 Å². The van der Waals surface area contributed by atoms with Crippen LogP contribution in [0.1, 0.15) is 32.1 Å². The third kappa shape index (κ3) is 10.0. The molecule has 1 aliphatic rings. The summed E-state index contributed by atoms with van der Waals surface area (Å²) in [5, 5.41) is 7.12. The average Bonchev–Trinajstić information content (AvgIpc) is 2.26. The fraction of sp³-hybridized carbons (Fsp3) is 0.909. The van der Waals surface area contributed by atoms with E-state index < -0.39 is 22.0 Å². The highest BCUT2D eigenvalue weighted by Gasteiger charge is 2.38. The molecule has 0 amide bonds. The second-order valence-electron chi connectivity index (χ2n) is 5.00. The first-order valence-electron chi connectivity index (χ1n) is 6.15. The molecule has 0 aromatic rings. The van der Waals surface area contributed by atoms with Crippen LogP contribution >= 0.6 is 0 Å². The van der Waals surface area contributed by atoms with Gasteiger partial charge in [0.25, 0.3) is 0 Å². The second-order valence-corrected chi connectivity index (χ2v) is 7.26. The molecule has 0 bridgehead atoms. The second kappa shape index (κ2) is 7.82. The molecule has 1 rings (SSSR count). The minimum atomic E-state index is -5.08. The lowest BCUT2D eigenvalue weighted by atomic mass is 9.85. The first kappa shape index (κ1) is 19.2. The van der Waals surface area contributed by atoms with Gasteiger partial charge in [0.15, 0.2) is 0 Å². The van der Waals surface area contributed by atoms with Crippen LogP contribution in [0.4, 0.5) is 13.2 Å². The number of halogens is 3. The van der Waals surface area contributed by atoms with Crippen LogP contribution in [-0.2, 0) is 14.6 Å². The molecule has 0 heterocycles. The highest BCUT2D eigenvalue weighted by molar-refractivity contribution is 7.90. The predicted octanol–water partition coefficient (Wildman–Crippen LogP) is 1.57. The first-order valence-corrected chi connectivity index (χ1v) is 8.21. The van der Waals surface area contributed by atoms with Crippen molar-refractivity contribution in [2.75, 3.05) is 12.0 Å². The largest absolute Gasteiger partial charge is 0.490 e. The molecule has 0 spiro atoms. The lowest BCUT2D eigenvalue weighted by Crippen LogP contribution is -2.27. The van der Waals surface area contributed by atoms with Gasteiger partial charge < -0.3 is 10.8 Å². The van der Waals surface area contributed by atoms with Crippen molar-refractivity contribution < 1.29 is 31.5 Å². The Balaban J connectivity index is 0.000000441. The lowest BCUT2D eigenvalue weighted by molar-refractivity contribution is -0.192. The summed E-state index contributed by atoms with van der Waals surface area (Å²) in [5.74, 6) is -1.82. The summed E-state index contributed by atoms with van der Waals surface area (Å²) in [7, 11) is -2.77. The summed E-state index contributed by atoms with van der Waals surface area (Å²) >= 11 is 0. The molecule has 3 N–H and O–H groups in total. The van der Waals surface area contributed by atoms with Crippen molar-refractivity contribution in [2.45, 2.75) is 44.3 Å². The van der Waals surface area contributed by atoms with Gasteiger partial charge in [0.05, 0.1) is 5.75 Å². The van der Waals surface area contributed by atoms with Gasteiger partial charge in [-0.15, -0.1) is 0 Å². The maximum Gasteiger partial charge on any atom is 0.490 e. The monoisotopic (exact) mass is 319 g/mol. The number of carbonyl (C=O) groups is 1. The third-order valence-corrected chi connectivity index (χ3v) is 4.01. The van der Waals surface area contributed by atoms with Gasteiger partial charge in [-0.05, 0) is 38.0 Å². The smallest absolute Gasteiger partial charge is 0.475 e. The Kier molecular flexibility index (Phi) is 7.50. The molecule has 0 saturated heterocycles. The quantitative estimate of drug-likeness (QED) is 0.823. The van der Waals surface area contributed by atoms with E-state index >= 15 is 0 Å². The van der Waals surface area contributed by atoms with Gasteiger partial charge in [-0.3, -0.25) is 0 Å². The first-order chi connectivity index (χ1) is 8.92. The minimum absolute atomic E-state index is 0.340. The summed E-state index contributed by atoms with van der Waals surface area (Å²) in [4.78, 5) is 8.90. The molecule has 0 atom stereocenters. The van der Waals surface area contributed by atoms with Crippen LogP contribution in [-0.4, -0.2) is 43.7 Å². The molecule has 0 aliphatic heterocycles. The number of sulfone groups is 1. The number of hydrogen-bond acceptors (Lipinski definition) is 4. The maximum atomic E-state index is 10.9. The van der Waals surface area contributed by atoms with Crippen molar-refractivity contribution >= 4 is 15.8 Å². The Morgan fingerprint density at radius 3 is 1.95 bits per heavy atom. The zero-order chi connectivity index (χ0) is 16.0. The van der Waals surface area contributed by atoms with Crippen LogP contribution in [0.3, 0.4) is 0 Å². The third-order valence-electron chi connectivity index (χ3n) is 3.03. The van der Waals surface area contributed by atoms with Crippen molar-refractivity contribution in [1.29, 1.82) is 0 Å². The van der Waals surface area contributed by atoms with Gasteiger partial charge in [0, 0.05) is 12.3 Å². The molecule has 0 aromatic carbocycles. The van der Waals surface area contributed by atoms with E-state index in [9.17, 15) is 21.6 Å². The van der Waals surface area contributed by atoms with Gasteiger partial charge >= 0.3 is 12.1 Å². The van der Waals surface area contributed by atoms with Crippen LogP contribution in [0, 0.1) is 5.92 Å². The molecule has 0 radical (unpaired) electrons. The molecule has 120 valence electrons. The summed E-state index contributed by atoms with van der Waals surface area (Å²) in [6.07, 6.45) is 1.39. The summed E-state index contributed by atoms with van der Waals surface area (Å²) < 4.78 is 53.6. The lowest BCUT2D eigenvalue weighted by Gasteiger charge is -2.25. The topological polar surface area (TPSA) is 97.5 Å². The van der Waals surface area contributed by atoms with Gasteiger partial charge in [0.1, 0.15) is 9.84 Å². The number of alkyl halides is 3. The number of carboxylic acids is 1. The Labute approximate surface area is 116 Å². The number of hydrogen-bond donors (Lipinski definition) is 2. The van der Waals surface area contributed by atoms with E-state index in [1.54, 1.807) is 0 Å². The van der Waals surface area contributed by atoms with Crippen molar-refractivity contribution in [1.82, 2.24) is 0 Å². The van der Waals surface area contributed by atoms with Crippen LogP contribution in [0.25, 0.3) is 0 Å². The molecule has 1 fully saturated rings. The molecule has 9 heteroatoms. The number of carboxylic acid groups (broad SMARTS) is 1.